The highest BCUT2D eigenvalue weighted by atomic mass is 32.2. The number of sulfone groups is 1. The maximum atomic E-state index is 16.9. The predicted octanol–water partition coefficient (Wildman–Crippen LogP) is 4.37. The summed E-state index contributed by atoms with van der Waals surface area (Å²) in [5, 5.41) is 14.8. The number of terminal acetylenes is 1. The van der Waals surface area contributed by atoms with Gasteiger partial charge in [0.05, 0.1) is 22.2 Å². The van der Waals surface area contributed by atoms with Crippen molar-refractivity contribution in [1.29, 1.82) is 0 Å². The van der Waals surface area contributed by atoms with E-state index in [-0.39, 0.29) is 63.8 Å². The Morgan fingerprint density at radius 1 is 1.22 bits per heavy atom. The molecule has 3 atom stereocenters. The highest BCUT2D eigenvalue weighted by Crippen LogP contribution is 2.42. The molecule has 0 aliphatic carbocycles. The van der Waals surface area contributed by atoms with Crippen molar-refractivity contribution in [2.24, 2.45) is 0 Å². The molecule has 3 fully saturated rings. The molecule has 5 heterocycles. The lowest BCUT2D eigenvalue weighted by atomic mass is 9.95. The Kier molecular flexibility index (Phi) is 8.36. The minimum atomic E-state index is -3.37. The van der Waals surface area contributed by atoms with Gasteiger partial charge in [0.25, 0.3) is 0 Å². The quantitative estimate of drug-likeness (QED) is 0.258. The number of hydrogen-bond donors (Lipinski definition) is 2. The van der Waals surface area contributed by atoms with E-state index in [9.17, 15) is 22.3 Å². The molecule has 0 radical (unpaired) electrons. The van der Waals surface area contributed by atoms with Crippen molar-refractivity contribution in [2.75, 3.05) is 56.2 Å². The Bertz CT molecular complexity index is 2130. The van der Waals surface area contributed by atoms with E-state index in [4.69, 9.17) is 16.1 Å². The van der Waals surface area contributed by atoms with Crippen LogP contribution >= 0.6 is 0 Å². The molecule has 0 unspecified atom stereocenters. The van der Waals surface area contributed by atoms with Crippen LogP contribution in [0.15, 0.2) is 30.5 Å². The molecule has 0 saturated carbocycles. The second-order valence-corrected chi connectivity index (χ2v) is 15.7. The molecule has 0 spiro atoms. The summed E-state index contributed by atoms with van der Waals surface area (Å²) in [5.74, 6) is 0.779. The van der Waals surface area contributed by atoms with Crippen molar-refractivity contribution in [3.63, 3.8) is 0 Å². The number of nitrogens with one attached hydrogen (secondary N) is 1. The van der Waals surface area contributed by atoms with E-state index in [1.54, 1.807) is 0 Å². The van der Waals surface area contributed by atoms with Gasteiger partial charge in [-0.1, -0.05) is 18.9 Å². The zero-order chi connectivity index (χ0) is 34.7. The van der Waals surface area contributed by atoms with E-state index in [2.05, 4.69) is 26.1 Å². The Morgan fingerprint density at radius 2 is 2.04 bits per heavy atom. The predicted molar refractivity (Wildman–Crippen MR) is 181 cm³/mol. The number of phenols is 1. The molecular formula is C35H37F3N6O4S. The summed E-state index contributed by atoms with van der Waals surface area (Å²) in [7, 11) is -3.37. The second kappa shape index (κ2) is 12.3. The first-order valence-corrected chi connectivity index (χ1v) is 18.4. The number of rotatable bonds is 8. The third-order valence-corrected chi connectivity index (χ3v) is 11.3. The standard InChI is InChI=1S/C35H37F3N6O4S/c1-4-24-27(37)8-7-21-13-23(45)14-25(28(21)24)30-29(38)31-26(16-39-30)32(43-12-10-40-34(5-2,18-43)20-49(3,46)47)42-33(41-31)48-19-35-9-6-11-44(35)17-22(36)15-35/h1,7-8,13-14,16,22,40,45H,5-6,9-12,15,17-20H2,2-3H3/t22-,34-,35+/m1/s1. The Labute approximate surface area is 282 Å². The molecule has 2 aromatic heterocycles. The molecule has 2 aromatic carbocycles. The van der Waals surface area contributed by atoms with Crippen LogP contribution in [0.5, 0.6) is 11.8 Å². The van der Waals surface area contributed by atoms with Crippen molar-refractivity contribution >= 4 is 37.3 Å². The van der Waals surface area contributed by atoms with Crippen LogP contribution in [0.1, 0.15) is 38.2 Å². The number of pyridine rings is 1. The highest BCUT2D eigenvalue weighted by Gasteiger charge is 2.49. The number of nitrogens with zero attached hydrogens (tertiary/aromatic N) is 5. The van der Waals surface area contributed by atoms with Gasteiger partial charge in [0, 0.05) is 61.5 Å². The fourth-order valence-corrected chi connectivity index (χ4v) is 9.39. The SMILES string of the molecule is C#Cc1c(F)ccc2cc(O)cc(-c3ncc4c(N5CCN[C@@](CC)(CS(C)(=O)=O)C5)nc(OC[C@@]56CCCN5C[C@H](F)C6)nc4c3F)c12. The summed E-state index contributed by atoms with van der Waals surface area (Å²) in [6, 6.07) is 5.18. The number of anilines is 1. The van der Waals surface area contributed by atoms with Gasteiger partial charge in [0.1, 0.15) is 51.2 Å². The van der Waals surface area contributed by atoms with Crippen LogP contribution in [-0.2, 0) is 9.84 Å². The van der Waals surface area contributed by atoms with Crippen molar-refractivity contribution in [2.45, 2.75) is 49.9 Å². The number of aromatic nitrogens is 3. The number of benzene rings is 2. The zero-order valence-electron chi connectivity index (χ0n) is 27.3. The molecule has 3 saturated heterocycles. The lowest BCUT2D eigenvalue weighted by Crippen LogP contribution is -2.63. The van der Waals surface area contributed by atoms with E-state index in [1.807, 2.05) is 11.8 Å². The molecule has 0 bridgehead atoms. The molecule has 10 nitrogen and oxygen atoms in total. The summed E-state index contributed by atoms with van der Waals surface area (Å²) in [6.07, 6.45) is 9.77. The van der Waals surface area contributed by atoms with Gasteiger partial charge in [-0.25, -0.2) is 21.6 Å². The number of piperazine rings is 1. The van der Waals surface area contributed by atoms with E-state index < -0.39 is 38.7 Å². The minimum absolute atomic E-state index is 0.0743. The molecule has 0 amide bonds. The van der Waals surface area contributed by atoms with Crippen LogP contribution in [-0.4, -0.2) is 102 Å². The molecule has 49 heavy (non-hydrogen) atoms. The van der Waals surface area contributed by atoms with Crippen LogP contribution in [0, 0.1) is 24.0 Å². The van der Waals surface area contributed by atoms with Gasteiger partial charge < -0.3 is 20.1 Å². The minimum Gasteiger partial charge on any atom is -0.508 e. The smallest absolute Gasteiger partial charge is 0.319 e. The summed E-state index contributed by atoms with van der Waals surface area (Å²) in [5.41, 5.74) is -1.70. The normalized spacial score (nSPS) is 24.4. The van der Waals surface area contributed by atoms with E-state index in [1.165, 1.54) is 36.7 Å². The number of halogens is 3. The van der Waals surface area contributed by atoms with Crippen molar-refractivity contribution in [1.82, 2.24) is 25.2 Å². The summed E-state index contributed by atoms with van der Waals surface area (Å²) < 4.78 is 77.4. The highest BCUT2D eigenvalue weighted by molar-refractivity contribution is 7.90. The van der Waals surface area contributed by atoms with Gasteiger partial charge in [-0.2, -0.15) is 9.97 Å². The van der Waals surface area contributed by atoms with Crippen molar-refractivity contribution in [3.05, 3.63) is 47.7 Å². The van der Waals surface area contributed by atoms with Crippen LogP contribution in [0.3, 0.4) is 0 Å². The first-order valence-electron chi connectivity index (χ1n) is 16.3. The lowest BCUT2D eigenvalue weighted by molar-refractivity contribution is 0.107. The summed E-state index contributed by atoms with van der Waals surface area (Å²) in [6.45, 7) is 4.20. The Morgan fingerprint density at radius 3 is 2.80 bits per heavy atom. The monoisotopic (exact) mass is 694 g/mol. The molecule has 3 aliphatic rings. The third-order valence-electron chi connectivity index (χ3n) is 10.2. The first-order chi connectivity index (χ1) is 23.3. The van der Waals surface area contributed by atoms with Gasteiger partial charge in [-0.3, -0.25) is 9.88 Å². The number of hydrogen-bond acceptors (Lipinski definition) is 10. The first kappa shape index (κ1) is 33.3. The fraction of sp³-hybridized carbons (Fsp3) is 0.457. The van der Waals surface area contributed by atoms with Gasteiger partial charge in [0.2, 0.25) is 0 Å². The molecule has 4 aromatic rings. The van der Waals surface area contributed by atoms with Gasteiger partial charge >= 0.3 is 6.01 Å². The Balaban J connectivity index is 1.38. The summed E-state index contributed by atoms with van der Waals surface area (Å²) in [4.78, 5) is 17.7. The second-order valence-electron chi connectivity index (χ2n) is 13.6. The molecule has 7 rings (SSSR count). The molecule has 3 aliphatic heterocycles. The van der Waals surface area contributed by atoms with Crippen LogP contribution in [0.25, 0.3) is 32.9 Å². The number of fused-ring (bicyclic) bond motifs is 3. The molecule has 2 N–H and O–H groups in total. The van der Waals surface area contributed by atoms with Crippen LogP contribution < -0.4 is 15.0 Å². The number of phenolic OH excluding ortho intramolecular Hbond substituents is 1. The maximum Gasteiger partial charge on any atom is 0.319 e. The van der Waals surface area contributed by atoms with Crippen molar-refractivity contribution < 1.29 is 31.4 Å². The number of ether oxygens (including phenoxy) is 1. The number of alkyl halides is 1. The molecule has 258 valence electrons. The van der Waals surface area contributed by atoms with Crippen LogP contribution in [0.4, 0.5) is 19.0 Å². The van der Waals surface area contributed by atoms with Gasteiger partial charge in [-0.05, 0) is 49.4 Å². The fourth-order valence-electron chi connectivity index (χ4n) is 7.99. The van der Waals surface area contributed by atoms with Crippen LogP contribution in [0.2, 0.25) is 0 Å². The maximum absolute atomic E-state index is 16.9. The largest absolute Gasteiger partial charge is 0.508 e. The molecule has 14 heteroatoms. The topological polar surface area (TPSA) is 121 Å². The lowest BCUT2D eigenvalue weighted by Gasteiger charge is -2.43. The zero-order valence-corrected chi connectivity index (χ0v) is 28.1. The number of aromatic hydroxyl groups is 1. The van der Waals surface area contributed by atoms with Gasteiger partial charge in [-0.15, -0.1) is 6.42 Å². The average Bonchev–Trinajstić information content (AvgIpc) is 3.58. The summed E-state index contributed by atoms with van der Waals surface area (Å²) >= 11 is 0. The van der Waals surface area contributed by atoms with E-state index in [0.29, 0.717) is 43.7 Å². The molecular weight excluding hydrogens is 657 g/mol. The Hall–Kier alpha value is -4.19. The third kappa shape index (κ3) is 6.02. The van der Waals surface area contributed by atoms with Crippen molar-refractivity contribution in [3.8, 4) is 35.4 Å². The average molecular weight is 695 g/mol. The van der Waals surface area contributed by atoms with Gasteiger partial charge in [0.15, 0.2) is 5.82 Å². The van der Waals surface area contributed by atoms with E-state index >= 15 is 4.39 Å². The van der Waals surface area contributed by atoms with E-state index in [0.717, 1.165) is 19.4 Å².